The molecule has 0 radical (unpaired) electrons. The van der Waals surface area contributed by atoms with Crippen LogP contribution in [0, 0.1) is 0 Å². The van der Waals surface area contributed by atoms with Crippen LogP contribution < -0.4 is 10.6 Å². The van der Waals surface area contributed by atoms with Crippen LogP contribution in [-0.4, -0.2) is 29.6 Å². The molecule has 3 heteroatoms. The second-order valence-corrected chi connectivity index (χ2v) is 4.50. The highest BCUT2D eigenvalue weighted by atomic mass is 16.0. The second kappa shape index (κ2) is 4.40. The Hall–Kier alpha value is -0.120. The molecule has 3 nitrogen and oxygen atoms in total. The Morgan fingerprint density at radius 3 is 1.54 bits per heavy atom. The van der Waals surface area contributed by atoms with E-state index in [1.54, 1.807) is 0 Å². The number of fused-ring (bicyclic) bond motifs is 1. The van der Waals surface area contributed by atoms with Crippen molar-refractivity contribution in [2.24, 2.45) is 0 Å². The van der Waals surface area contributed by atoms with Crippen molar-refractivity contribution >= 4 is 0 Å². The van der Waals surface area contributed by atoms with E-state index in [1.165, 1.54) is 25.7 Å². The minimum Gasteiger partial charge on any atom is -0.412 e. The van der Waals surface area contributed by atoms with Crippen LogP contribution in [0.1, 0.15) is 39.5 Å². The Morgan fingerprint density at radius 1 is 0.769 bits per heavy atom. The van der Waals surface area contributed by atoms with E-state index < -0.39 is 0 Å². The minimum absolute atomic E-state index is 0. The van der Waals surface area contributed by atoms with Gasteiger partial charge in [0.2, 0.25) is 0 Å². The van der Waals surface area contributed by atoms with Crippen LogP contribution in [-0.2, 0) is 0 Å². The number of piperidine rings is 2. The highest BCUT2D eigenvalue weighted by Gasteiger charge is 2.31. The van der Waals surface area contributed by atoms with E-state index in [-0.39, 0.29) is 5.48 Å². The Bertz CT molecular complexity index is 145. The first kappa shape index (κ1) is 11.0. The van der Waals surface area contributed by atoms with Gasteiger partial charge in [-0.2, -0.15) is 0 Å². The van der Waals surface area contributed by atoms with E-state index in [0.29, 0.717) is 0 Å². The summed E-state index contributed by atoms with van der Waals surface area (Å²) in [5, 5.41) is 7.35. The zero-order chi connectivity index (χ0) is 8.55. The minimum atomic E-state index is 0. The molecule has 0 aromatic rings. The standard InChI is InChI=1S/C10H20N2.H2O/c1-7-3-5-10-9(11-7)6-4-8(2)12-10;/h7-12H,3-6H2,1-2H3;1H2/t7-,8+,9+,10-;. The monoisotopic (exact) mass is 186 g/mol. The van der Waals surface area contributed by atoms with Gasteiger partial charge < -0.3 is 16.1 Å². The lowest BCUT2D eigenvalue weighted by atomic mass is 9.86. The quantitative estimate of drug-likeness (QED) is 0.577. The van der Waals surface area contributed by atoms with Crippen LogP contribution in [0.15, 0.2) is 0 Å². The van der Waals surface area contributed by atoms with E-state index >= 15 is 0 Å². The third-order valence-corrected chi connectivity index (χ3v) is 3.30. The predicted molar refractivity (Wildman–Crippen MR) is 54.9 cm³/mol. The number of hydrogen-bond donors (Lipinski definition) is 2. The van der Waals surface area contributed by atoms with Crippen LogP contribution in [0.2, 0.25) is 0 Å². The van der Waals surface area contributed by atoms with Crippen LogP contribution >= 0.6 is 0 Å². The largest absolute Gasteiger partial charge is 0.412 e. The van der Waals surface area contributed by atoms with Gasteiger partial charge >= 0.3 is 0 Å². The fourth-order valence-corrected chi connectivity index (χ4v) is 2.56. The van der Waals surface area contributed by atoms with Crippen molar-refractivity contribution in [3.63, 3.8) is 0 Å². The van der Waals surface area contributed by atoms with Gasteiger partial charge in [0.1, 0.15) is 0 Å². The maximum atomic E-state index is 3.68. The van der Waals surface area contributed by atoms with Gasteiger partial charge in [-0.15, -0.1) is 0 Å². The molecule has 2 heterocycles. The van der Waals surface area contributed by atoms with Gasteiger partial charge in [-0.3, -0.25) is 0 Å². The van der Waals surface area contributed by atoms with Gasteiger partial charge in [-0.1, -0.05) is 0 Å². The maximum absolute atomic E-state index is 3.68. The summed E-state index contributed by atoms with van der Waals surface area (Å²) in [4.78, 5) is 0. The van der Waals surface area contributed by atoms with Gasteiger partial charge in [-0.05, 0) is 39.5 Å². The van der Waals surface area contributed by atoms with Crippen molar-refractivity contribution in [2.45, 2.75) is 63.7 Å². The van der Waals surface area contributed by atoms with Crippen molar-refractivity contribution in [2.75, 3.05) is 0 Å². The predicted octanol–water partition coefficient (Wildman–Crippen LogP) is 0.443. The molecule has 0 amide bonds. The number of rotatable bonds is 0. The van der Waals surface area contributed by atoms with E-state index in [4.69, 9.17) is 0 Å². The summed E-state index contributed by atoms with van der Waals surface area (Å²) in [5.74, 6) is 0. The van der Waals surface area contributed by atoms with E-state index in [9.17, 15) is 0 Å². The van der Waals surface area contributed by atoms with Gasteiger partial charge in [0.25, 0.3) is 0 Å². The molecule has 13 heavy (non-hydrogen) atoms. The fraction of sp³-hybridized carbons (Fsp3) is 1.00. The Balaban J connectivity index is 0.000000845. The van der Waals surface area contributed by atoms with Crippen molar-refractivity contribution in [1.82, 2.24) is 10.6 Å². The molecular weight excluding hydrogens is 164 g/mol. The molecule has 0 aromatic carbocycles. The molecule has 4 N–H and O–H groups in total. The summed E-state index contributed by atoms with van der Waals surface area (Å²) >= 11 is 0. The smallest absolute Gasteiger partial charge is 0.0224 e. The molecule has 2 saturated heterocycles. The van der Waals surface area contributed by atoms with E-state index in [1.807, 2.05) is 0 Å². The molecule has 2 aliphatic heterocycles. The van der Waals surface area contributed by atoms with Gasteiger partial charge in [0.05, 0.1) is 0 Å². The normalized spacial score (nSPS) is 44.8. The molecule has 0 bridgehead atoms. The molecule has 2 fully saturated rings. The SMILES string of the molecule is C[C@@H]1CC[C@H]2N[C@@H](C)CC[C@@H]2N1.O. The molecule has 4 atom stereocenters. The van der Waals surface area contributed by atoms with Gasteiger partial charge in [-0.25, -0.2) is 0 Å². The first-order chi connectivity index (χ1) is 5.75. The van der Waals surface area contributed by atoms with Crippen LogP contribution in [0.3, 0.4) is 0 Å². The molecule has 0 aliphatic carbocycles. The average molecular weight is 186 g/mol. The highest BCUT2D eigenvalue weighted by Crippen LogP contribution is 2.22. The summed E-state index contributed by atoms with van der Waals surface area (Å²) in [7, 11) is 0. The summed E-state index contributed by atoms with van der Waals surface area (Å²) in [5.41, 5.74) is 0. The lowest BCUT2D eigenvalue weighted by Crippen LogP contribution is -2.59. The average Bonchev–Trinajstić information content (AvgIpc) is 2.05. The summed E-state index contributed by atoms with van der Waals surface area (Å²) in [6.45, 7) is 4.60. The fourth-order valence-electron chi connectivity index (χ4n) is 2.56. The first-order valence-corrected chi connectivity index (χ1v) is 5.28. The first-order valence-electron chi connectivity index (χ1n) is 5.28. The Kier molecular flexibility index (Phi) is 3.71. The molecule has 0 aromatic heterocycles. The summed E-state index contributed by atoms with van der Waals surface area (Å²) in [6.07, 6.45) is 5.40. The Labute approximate surface area is 80.6 Å². The molecule has 0 spiro atoms. The number of hydrogen-bond acceptors (Lipinski definition) is 2. The molecule has 78 valence electrons. The lowest BCUT2D eigenvalue weighted by molar-refractivity contribution is 0.192. The second-order valence-electron chi connectivity index (χ2n) is 4.50. The van der Waals surface area contributed by atoms with Crippen LogP contribution in [0.25, 0.3) is 0 Å². The summed E-state index contributed by atoms with van der Waals surface area (Å²) in [6, 6.07) is 2.98. The van der Waals surface area contributed by atoms with Crippen molar-refractivity contribution < 1.29 is 5.48 Å². The molecule has 2 aliphatic rings. The van der Waals surface area contributed by atoms with Gasteiger partial charge in [0.15, 0.2) is 0 Å². The Morgan fingerprint density at radius 2 is 1.15 bits per heavy atom. The van der Waals surface area contributed by atoms with Gasteiger partial charge in [0, 0.05) is 24.2 Å². The third-order valence-electron chi connectivity index (χ3n) is 3.30. The highest BCUT2D eigenvalue weighted by molar-refractivity contribution is 4.94. The van der Waals surface area contributed by atoms with E-state index in [0.717, 1.165) is 24.2 Å². The van der Waals surface area contributed by atoms with Crippen molar-refractivity contribution in [3.05, 3.63) is 0 Å². The molecule has 2 rings (SSSR count). The molecule has 0 saturated carbocycles. The number of nitrogens with one attached hydrogen (secondary N) is 2. The summed E-state index contributed by atoms with van der Waals surface area (Å²) < 4.78 is 0. The van der Waals surface area contributed by atoms with Crippen LogP contribution in [0.4, 0.5) is 0 Å². The molecular formula is C10H22N2O. The van der Waals surface area contributed by atoms with Crippen LogP contribution in [0.5, 0.6) is 0 Å². The van der Waals surface area contributed by atoms with Crippen molar-refractivity contribution in [3.8, 4) is 0 Å². The van der Waals surface area contributed by atoms with E-state index in [2.05, 4.69) is 24.5 Å². The topological polar surface area (TPSA) is 55.6 Å². The maximum Gasteiger partial charge on any atom is 0.0224 e. The molecule has 0 unspecified atom stereocenters. The third kappa shape index (κ3) is 2.42. The van der Waals surface area contributed by atoms with Crippen molar-refractivity contribution in [1.29, 1.82) is 0 Å². The lowest BCUT2D eigenvalue weighted by Gasteiger charge is -2.42. The zero-order valence-corrected chi connectivity index (χ0v) is 8.64. The zero-order valence-electron chi connectivity index (χ0n) is 8.64.